The van der Waals surface area contributed by atoms with E-state index in [1.165, 1.54) is 26.4 Å². The number of allylic oxidation sites excluding steroid dienone is 1. The van der Waals surface area contributed by atoms with Crippen molar-refractivity contribution in [2.45, 2.75) is 63.9 Å². The molecule has 1 rings (SSSR count). The minimum Gasteiger partial charge on any atom is -0.394 e. The van der Waals surface area contributed by atoms with E-state index < -0.39 is 28.6 Å². The number of unbranched alkanes of at least 4 members (excludes halogenated alkanes) is 4. The van der Waals surface area contributed by atoms with Crippen molar-refractivity contribution >= 4 is 10.1 Å². The zero-order valence-corrected chi connectivity index (χ0v) is 15.1. The Morgan fingerprint density at radius 2 is 2.04 bits per heavy atom. The fourth-order valence-electron chi connectivity index (χ4n) is 2.76. The number of rotatable bonds is 10. The van der Waals surface area contributed by atoms with Crippen LogP contribution in [0.1, 0.15) is 45.4 Å². The first-order valence-corrected chi connectivity index (χ1v) is 10.1. The molecule has 1 saturated heterocycles. The molecule has 1 heterocycles. The Morgan fingerprint density at radius 3 is 2.61 bits per heavy atom. The van der Waals surface area contributed by atoms with Crippen molar-refractivity contribution in [3.05, 3.63) is 12.2 Å². The van der Waals surface area contributed by atoms with E-state index in [2.05, 4.69) is 6.92 Å². The molecule has 0 aliphatic carbocycles. The highest BCUT2D eigenvalue weighted by Gasteiger charge is 2.39. The lowest BCUT2D eigenvalue weighted by molar-refractivity contribution is -0.221. The quantitative estimate of drug-likeness (QED) is 0.370. The smallest absolute Gasteiger partial charge is 0.264 e. The lowest BCUT2D eigenvalue weighted by atomic mass is 9.90. The summed E-state index contributed by atoms with van der Waals surface area (Å²) in [5.41, 5.74) is 0. The van der Waals surface area contributed by atoms with Gasteiger partial charge in [-0.3, -0.25) is 4.18 Å². The van der Waals surface area contributed by atoms with Crippen LogP contribution in [0.2, 0.25) is 0 Å². The molecule has 23 heavy (non-hydrogen) atoms. The molecule has 0 bridgehead atoms. The van der Waals surface area contributed by atoms with Crippen LogP contribution in [0, 0.1) is 5.92 Å². The predicted molar refractivity (Wildman–Crippen MR) is 88.5 cm³/mol. The van der Waals surface area contributed by atoms with Crippen LogP contribution in [0.5, 0.6) is 0 Å². The van der Waals surface area contributed by atoms with Gasteiger partial charge in [0, 0.05) is 19.4 Å². The molecule has 136 valence electrons. The first-order chi connectivity index (χ1) is 10.9. The minimum absolute atomic E-state index is 0.214. The Hall–Kier alpha value is -0.470. The Balaban J connectivity index is 2.72. The zero-order chi connectivity index (χ0) is 17.3. The van der Waals surface area contributed by atoms with Crippen molar-refractivity contribution in [2.75, 3.05) is 20.0 Å². The third-order valence-electron chi connectivity index (χ3n) is 3.93. The van der Waals surface area contributed by atoms with E-state index in [1.54, 1.807) is 0 Å². The van der Waals surface area contributed by atoms with Crippen LogP contribution in [-0.2, 0) is 23.8 Å². The van der Waals surface area contributed by atoms with Gasteiger partial charge in [-0.15, -0.1) is 0 Å². The molecule has 1 N–H and O–H groups in total. The van der Waals surface area contributed by atoms with E-state index in [-0.39, 0.29) is 12.5 Å². The van der Waals surface area contributed by atoms with Crippen LogP contribution < -0.4 is 0 Å². The van der Waals surface area contributed by atoms with Crippen LogP contribution in [0.4, 0.5) is 0 Å². The van der Waals surface area contributed by atoms with Crippen LogP contribution in [0.25, 0.3) is 0 Å². The molecule has 0 radical (unpaired) electrons. The molecule has 0 amide bonds. The maximum Gasteiger partial charge on any atom is 0.264 e. The van der Waals surface area contributed by atoms with Gasteiger partial charge in [0.25, 0.3) is 10.1 Å². The molecule has 0 saturated carbocycles. The summed E-state index contributed by atoms with van der Waals surface area (Å²) >= 11 is 0. The number of ether oxygens (including phenoxy) is 2. The minimum atomic E-state index is -3.59. The average Bonchev–Trinajstić information content (AvgIpc) is 2.49. The zero-order valence-electron chi connectivity index (χ0n) is 14.3. The van der Waals surface area contributed by atoms with Gasteiger partial charge >= 0.3 is 0 Å². The van der Waals surface area contributed by atoms with E-state index in [9.17, 15) is 13.5 Å². The van der Waals surface area contributed by atoms with Gasteiger partial charge in [-0.05, 0) is 12.8 Å². The molecule has 0 unspecified atom stereocenters. The van der Waals surface area contributed by atoms with E-state index in [4.69, 9.17) is 13.7 Å². The highest BCUT2D eigenvalue weighted by Crippen LogP contribution is 2.30. The van der Waals surface area contributed by atoms with Gasteiger partial charge in [0.15, 0.2) is 6.29 Å². The van der Waals surface area contributed by atoms with Gasteiger partial charge in [0.1, 0.15) is 0 Å². The van der Waals surface area contributed by atoms with Crippen LogP contribution >= 0.6 is 0 Å². The molecule has 4 atom stereocenters. The highest BCUT2D eigenvalue weighted by atomic mass is 32.2. The summed E-state index contributed by atoms with van der Waals surface area (Å²) in [5, 5.41) is 9.54. The Bertz CT molecular complexity index is 447. The second-order valence-electron chi connectivity index (χ2n) is 5.95. The molecule has 7 heteroatoms. The topological polar surface area (TPSA) is 82.1 Å². The van der Waals surface area contributed by atoms with E-state index in [1.807, 2.05) is 12.2 Å². The van der Waals surface area contributed by atoms with Crippen molar-refractivity contribution in [1.82, 2.24) is 0 Å². The Kier molecular flexibility index (Phi) is 9.31. The van der Waals surface area contributed by atoms with Crippen molar-refractivity contribution in [3.63, 3.8) is 0 Å². The summed E-state index contributed by atoms with van der Waals surface area (Å²) in [7, 11) is -2.10. The highest BCUT2D eigenvalue weighted by molar-refractivity contribution is 7.86. The largest absolute Gasteiger partial charge is 0.394 e. The van der Waals surface area contributed by atoms with Gasteiger partial charge in [-0.1, -0.05) is 38.3 Å². The third-order valence-corrected chi connectivity index (χ3v) is 4.53. The average molecular weight is 350 g/mol. The molecule has 1 fully saturated rings. The summed E-state index contributed by atoms with van der Waals surface area (Å²) in [6, 6.07) is 0. The van der Waals surface area contributed by atoms with Gasteiger partial charge in [0.05, 0.1) is 25.1 Å². The molecule has 1 aliphatic rings. The summed E-state index contributed by atoms with van der Waals surface area (Å²) in [6.45, 7) is 1.95. The number of hydrogen-bond acceptors (Lipinski definition) is 6. The molecule has 1 aliphatic heterocycles. The van der Waals surface area contributed by atoms with E-state index in [0.717, 1.165) is 19.1 Å². The predicted octanol–water partition coefficient (Wildman–Crippen LogP) is 2.23. The second kappa shape index (κ2) is 10.4. The molecule has 6 nitrogen and oxygen atoms in total. The standard InChI is InChI=1S/C16H30O6S/c1-4-5-6-7-8-9-10-13-14(22-23(3,18)19)11-16(20-2)21-15(13)12-17/h9-10,13-17H,4-8,11-12H2,1-3H3/b10-9-/t13-,14+,15+,16-/m0/s1. The van der Waals surface area contributed by atoms with Crippen LogP contribution in [-0.4, -0.2) is 52.0 Å². The summed E-state index contributed by atoms with van der Waals surface area (Å²) < 4.78 is 39.0. The van der Waals surface area contributed by atoms with Crippen molar-refractivity contribution in [2.24, 2.45) is 5.92 Å². The van der Waals surface area contributed by atoms with Gasteiger partial charge in [-0.2, -0.15) is 8.42 Å². The number of aliphatic hydroxyl groups is 1. The Morgan fingerprint density at radius 1 is 1.30 bits per heavy atom. The first-order valence-electron chi connectivity index (χ1n) is 8.25. The third kappa shape index (κ3) is 7.76. The maximum absolute atomic E-state index is 11.5. The van der Waals surface area contributed by atoms with E-state index >= 15 is 0 Å². The normalized spacial score (nSPS) is 29.2. The summed E-state index contributed by atoms with van der Waals surface area (Å²) in [5.74, 6) is -0.313. The Labute approximate surface area is 139 Å². The fourth-order valence-corrected chi connectivity index (χ4v) is 3.42. The lowest BCUT2D eigenvalue weighted by Crippen LogP contribution is -2.47. The van der Waals surface area contributed by atoms with Crippen molar-refractivity contribution in [3.8, 4) is 0 Å². The van der Waals surface area contributed by atoms with Crippen LogP contribution in [0.3, 0.4) is 0 Å². The van der Waals surface area contributed by atoms with E-state index in [0.29, 0.717) is 6.42 Å². The number of aliphatic hydroxyl groups excluding tert-OH is 1. The fraction of sp³-hybridized carbons (Fsp3) is 0.875. The monoisotopic (exact) mass is 350 g/mol. The number of hydrogen-bond donors (Lipinski definition) is 1. The maximum atomic E-state index is 11.5. The van der Waals surface area contributed by atoms with Gasteiger partial charge in [0.2, 0.25) is 0 Å². The van der Waals surface area contributed by atoms with Gasteiger partial charge < -0.3 is 14.6 Å². The molecule has 0 aromatic heterocycles. The molecule has 0 aromatic carbocycles. The molecular weight excluding hydrogens is 320 g/mol. The van der Waals surface area contributed by atoms with Crippen molar-refractivity contribution in [1.29, 1.82) is 0 Å². The van der Waals surface area contributed by atoms with Crippen LogP contribution in [0.15, 0.2) is 12.2 Å². The summed E-state index contributed by atoms with van der Waals surface area (Å²) in [6.07, 6.45) is 9.19. The van der Waals surface area contributed by atoms with Gasteiger partial charge in [-0.25, -0.2) is 0 Å². The first kappa shape index (κ1) is 20.6. The molecular formula is C16H30O6S. The SMILES string of the molecule is CCCCCC/C=C\[C@@H]1[C@@H](CO)O[C@H](OC)C[C@H]1OS(C)(=O)=O. The molecule has 0 aromatic rings. The second-order valence-corrected chi connectivity index (χ2v) is 7.55. The van der Waals surface area contributed by atoms with Crippen molar-refractivity contribution < 1.29 is 27.2 Å². The lowest BCUT2D eigenvalue weighted by Gasteiger charge is -2.38. The number of methoxy groups -OCH3 is 1. The summed E-state index contributed by atoms with van der Waals surface area (Å²) in [4.78, 5) is 0. The molecule has 0 spiro atoms.